The lowest BCUT2D eigenvalue weighted by Gasteiger charge is -2.38. The molecule has 0 fully saturated rings. The number of amides is 2. The Morgan fingerprint density at radius 2 is 1.86 bits per heavy atom. The average Bonchev–Trinajstić information content (AvgIpc) is 2.86. The van der Waals surface area contributed by atoms with E-state index in [1.807, 2.05) is 24.3 Å². The van der Waals surface area contributed by atoms with Gasteiger partial charge in [0.25, 0.3) is 11.5 Å². The van der Waals surface area contributed by atoms with Crippen molar-refractivity contribution in [1.82, 2.24) is 19.8 Å². The highest BCUT2D eigenvalue weighted by Crippen LogP contribution is 2.38. The third-order valence-corrected chi connectivity index (χ3v) is 6.15. The summed E-state index contributed by atoms with van der Waals surface area (Å²) in [5.41, 5.74) is 1.16. The Balaban J connectivity index is 1.71. The van der Waals surface area contributed by atoms with Gasteiger partial charge in [-0.1, -0.05) is 30.3 Å². The molecule has 9 nitrogen and oxygen atoms in total. The second kappa shape index (κ2) is 10.3. The number of aromatic hydroxyl groups is 1. The minimum atomic E-state index is -0.786. The van der Waals surface area contributed by atoms with E-state index in [9.17, 15) is 23.9 Å². The van der Waals surface area contributed by atoms with Crippen molar-refractivity contribution in [1.29, 1.82) is 0 Å². The Labute approximate surface area is 207 Å². The summed E-state index contributed by atoms with van der Waals surface area (Å²) in [5.74, 6) is -1.91. The molecule has 188 valence electrons. The number of hydrogen-bond acceptors (Lipinski definition) is 6. The maximum absolute atomic E-state index is 13.3. The Kier molecular flexibility index (Phi) is 7.16. The van der Waals surface area contributed by atoms with Gasteiger partial charge in [0.1, 0.15) is 11.6 Å². The zero-order valence-electron chi connectivity index (χ0n) is 20.4. The van der Waals surface area contributed by atoms with E-state index >= 15 is 0 Å². The van der Waals surface area contributed by atoms with E-state index in [4.69, 9.17) is 0 Å². The first-order valence-electron chi connectivity index (χ1n) is 11.5. The van der Waals surface area contributed by atoms with Crippen LogP contribution in [0.5, 0.6) is 5.75 Å². The molecule has 0 aliphatic carbocycles. The molecule has 1 aliphatic heterocycles. The van der Waals surface area contributed by atoms with Crippen molar-refractivity contribution in [3.63, 3.8) is 0 Å². The summed E-state index contributed by atoms with van der Waals surface area (Å²) < 4.78 is 14.3. The van der Waals surface area contributed by atoms with Gasteiger partial charge in [0.2, 0.25) is 11.7 Å². The molecule has 0 bridgehead atoms. The van der Waals surface area contributed by atoms with Crippen LogP contribution in [-0.2, 0) is 24.8 Å². The normalized spacial score (nSPS) is 15.0. The SMILES string of the molecule is CN(C)CC(=O)N1c2ccccc2CCC1c1nc(C(=O)NCc2ccc(F)cc2)c(O)c(=O)n1C. The van der Waals surface area contributed by atoms with Crippen molar-refractivity contribution >= 4 is 17.5 Å². The molecule has 0 spiro atoms. The molecule has 0 saturated carbocycles. The molecule has 1 aliphatic rings. The number of aryl methyl sites for hydroxylation is 1. The van der Waals surface area contributed by atoms with E-state index in [-0.39, 0.29) is 24.8 Å². The minimum absolute atomic E-state index is 0.0506. The van der Waals surface area contributed by atoms with E-state index in [1.54, 1.807) is 23.9 Å². The summed E-state index contributed by atoms with van der Waals surface area (Å²) in [5, 5.41) is 13.1. The fourth-order valence-corrected chi connectivity index (χ4v) is 4.38. The zero-order valence-corrected chi connectivity index (χ0v) is 20.4. The Bertz CT molecular complexity index is 1350. The van der Waals surface area contributed by atoms with Gasteiger partial charge in [-0.3, -0.25) is 19.0 Å². The number of halogens is 1. The van der Waals surface area contributed by atoms with Gasteiger partial charge in [0, 0.05) is 19.3 Å². The molecule has 1 unspecified atom stereocenters. The third-order valence-electron chi connectivity index (χ3n) is 6.15. The van der Waals surface area contributed by atoms with Gasteiger partial charge in [0.15, 0.2) is 5.69 Å². The van der Waals surface area contributed by atoms with E-state index in [2.05, 4.69) is 10.3 Å². The number of nitrogens with zero attached hydrogens (tertiary/aromatic N) is 4. The highest BCUT2D eigenvalue weighted by Gasteiger charge is 2.35. The standard InChI is InChI=1S/C26H28FN5O4/c1-30(2)15-21(33)32-19-7-5-4-6-17(19)10-13-20(32)24-29-22(23(34)26(36)31(24)3)25(35)28-14-16-8-11-18(27)12-9-16/h4-9,11-12,20,34H,10,13-15H2,1-3H3,(H,28,35). The van der Waals surface area contributed by atoms with Crippen LogP contribution in [0.4, 0.5) is 10.1 Å². The van der Waals surface area contributed by atoms with Gasteiger partial charge in [-0.05, 0) is 56.3 Å². The molecule has 36 heavy (non-hydrogen) atoms. The van der Waals surface area contributed by atoms with E-state index in [1.165, 1.54) is 35.9 Å². The molecule has 1 aromatic heterocycles. The Hall–Kier alpha value is -4.05. The number of benzene rings is 2. The number of likely N-dealkylation sites (N-methyl/N-ethyl adjacent to an activating group) is 1. The lowest BCUT2D eigenvalue weighted by molar-refractivity contribution is -0.119. The van der Waals surface area contributed by atoms with Crippen LogP contribution in [0.25, 0.3) is 0 Å². The number of anilines is 1. The van der Waals surface area contributed by atoms with Crippen LogP contribution in [0, 0.1) is 5.82 Å². The van der Waals surface area contributed by atoms with Gasteiger partial charge < -0.3 is 20.2 Å². The number of nitrogens with one attached hydrogen (secondary N) is 1. The molecule has 2 amide bonds. The number of rotatable bonds is 6. The van der Waals surface area contributed by atoms with Crippen LogP contribution >= 0.6 is 0 Å². The highest BCUT2D eigenvalue weighted by atomic mass is 19.1. The molecule has 0 saturated heterocycles. The first-order valence-corrected chi connectivity index (χ1v) is 11.5. The van der Waals surface area contributed by atoms with E-state index < -0.39 is 34.8 Å². The number of carbonyl (C=O) groups is 2. The number of hydrogen-bond donors (Lipinski definition) is 2. The highest BCUT2D eigenvalue weighted by molar-refractivity contribution is 5.97. The summed E-state index contributed by atoms with van der Waals surface area (Å²) in [6, 6.07) is 12.5. The molecular weight excluding hydrogens is 465 g/mol. The summed E-state index contributed by atoms with van der Waals surface area (Å²) in [7, 11) is 5.04. The predicted molar refractivity (Wildman–Crippen MR) is 132 cm³/mol. The Morgan fingerprint density at radius 3 is 2.56 bits per heavy atom. The summed E-state index contributed by atoms with van der Waals surface area (Å²) in [6.07, 6.45) is 1.13. The molecule has 0 radical (unpaired) electrons. The third kappa shape index (κ3) is 4.99. The topological polar surface area (TPSA) is 108 Å². The van der Waals surface area contributed by atoms with Crippen molar-refractivity contribution in [2.75, 3.05) is 25.5 Å². The van der Waals surface area contributed by atoms with E-state index in [0.717, 1.165) is 11.3 Å². The van der Waals surface area contributed by atoms with Crippen LogP contribution in [0.15, 0.2) is 53.3 Å². The maximum Gasteiger partial charge on any atom is 0.296 e. The van der Waals surface area contributed by atoms with E-state index in [0.29, 0.717) is 18.4 Å². The zero-order chi connectivity index (χ0) is 26.0. The first-order chi connectivity index (χ1) is 17.2. The summed E-state index contributed by atoms with van der Waals surface area (Å²) in [6.45, 7) is 0.191. The lowest BCUT2D eigenvalue weighted by Crippen LogP contribution is -2.45. The number of para-hydroxylation sites is 1. The molecular formula is C26H28FN5O4. The smallest absolute Gasteiger partial charge is 0.296 e. The molecule has 10 heteroatoms. The molecule has 2 aromatic carbocycles. The monoisotopic (exact) mass is 493 g/mol. The fraction of sp³-hybridized carbons (Fsp3) is 0.308. The molecule has 2 heterocycles. The Morgan fingerprint density at radius 1 is 1.17 bits per heavy atom. The predicted octanol–water partition coefficient (Wildman–Crippen LogP) is 2.14. The van der Waals surface area contributed by atoms with Gasteiger partial charge >= 0.3 is 0 Å². The second-order valence-corrected chi connectivity index (χ2v) is 9.03. The van der Waals surface area contributed by atoms with Crippen molar-refractivity contribution < 1.29 is 19.1 Å². The van der Waals surface area contributed by atoms with Crippen LogP contribution in [-0.4, -0.2) is 52.0 Å². The second-order valence-electron chi connectivity index (χ2n) is 9.03. The minimum Gasteiger partial charge on any atom is -0.501 e. The molecule has 4 rings (SSSR count). The molecule has 1 atom stereocenters. The van der Waals surface area contributed by atoms with Crippen LogP contribution in [0.2, 0.25) is 0 Å². The largest absolute Gasteiger partial charge is 0.501 e. The van der Waals surface area contributed by atoms with Crippen molar-refractivity contribution in [3.8, 4) is 5.75 Å². The first kappa shape index (κ1) is 25.1. The maximum atomic E-state index is 13.3. The van der Waals surface area contributed by atoms with Crippen molar-refractivity contribution in [3.05, 3.63) is 87.3 Å². The summed E-state index contributed by atoms with van der Waals surface area (Å²) >= 11 is 0. The fourth-order valence-electron chi connectivity index (χ4n) is 4.38. The lowest BCUT2D eigenvalue weighted by atomic mass is 9.94. The van der Waals surface area contributed by atoms with Crippen LogP contribution < -0.4 is 15.8 Å². The molecule has 2 N–H and O–H groups in total. The van der Waals surface area contributed by atoms with Crippen molar-refractivity contribution in [2.45, 2.75) is 25.4 Å². The van der Waals surface area contributed by atoms with Crippen molar-refractivity contribution in [2.24, 2.45) is 7.05 Å². The van der Waals surface area contributed by atoms with Gasteiger partial charge in [-0.2, -0.15) is 0 Å². The van der Waals surface area contributed by atoms with Gasteiger partial charge in [0.05, 0.1) is 12.6 Å². The quantitative estimate of drug-likeness (QED) is 0.545. The summed E-state index contributed by atoms with van der Waals surface area (Å²) in [4.78, 5) is 46.9. The number of fused-ring (bicyclic) bond motifs is 1. The number of aromatic nitrogens is 2. The van der Waals surface area contributed by atoms with Crippen LogP contribution in [0.3, 0.4) is 0 Å². The number of carbonyl (C=O) groups excluding carboxylic acids is 2. The molecule has 3 aromatic rings. The van der Waals surface area contributed by atoms with Gasteiger partial charge in [-0.15, -0.1) is 0 Å². The average molecular weight is 494 g/mol. The van der Waals surface area contributed by atoms with Crippen LogP contribution in [0.1, 0.15) is 39.9 Å². The van der Waals surface area contributed by atoms with Gasteiger partial charge in [-0.25, -0.2) is 9.37 Å².